The number of para-hydroxylation sites is 1. The molecular weight excluding hydrogens is 332 g/mol. The van der Waals surface area contributed by atoms with E-state index < -0.39 is 0 Å². The van der Waals surface area contributed by atoms with Gasteiger partial charge in [0.2, 0.25) is 0 Å². The number of fused-ring (bicyclic) bond motifs is 1. The Kier molecular flexibility index (Phi) is 5.40. The number of anilines is 1. The lowest BCUT2D eigenvalue weighted by Crippen LogP contribution is -2.20. The molecule has 0 saturated heterocycles. The maximum absolute atomic E-state index is 12.3. The van der Waals surface area contributed by atoms with Crippen LogP contribution in [0.15, 0.2) is 24.3 Å². The van der Waals surface area contributed by atoms with Gasteiger partial charge in [0.15, 0.2) is 6.61 Å². The Morgan fingerprint density at radius 1 is 1.44 bits per heavy atom. The van der Waals surface area contributed by atoms with Crippen molar-refractivity contribution in [3.05, 3.63) is 45.8 Å². The van der Waals surface area contributed by atoms with E-state index in [-0.39, 0.29) is 12.5 Å². The highest BCUT2D eigenvalue weighted by Crippen LogP contribution is 2.39. The predicted octanol–water partition coefficient (Wildman–Crippen LogP) is 4.46. The molecule has 1 aromatic carbocycles. The summed E-state index contributed by atoms with van der Waals surface area (Å²) in [6, 6.07) is 9.88. The molecule has 3 rings (SSSR count). The zero-order chi connectivity index (χ0) is 17.8. The van der Waals surface area contributed by atoms with Gasteiger partial charge in [-0.25, -0.2) is 0 Å². The monoisotopic (exact) mass is 354 g/mol. The second-order valence-electron chi connectivity index (χ2n) is 6.44. The molecule has 25 heavy (non-hydrogen) atoms. The number of nitrogens with one attached hydrogen (secondary N) is 1. The summed E-state index contributed by atoms with van der Waals surface area (Å²) in [7, 11) is 0. The lowest BCUT2D eigenvalue weighted by atomic mass is 9.86. The molecule has 1 aromatic heterocycles. The molecule has 1 amide bonds. The van der Waals surface area contributed by atoms with Gasteiger partial charge < -0.3 is 10.1 Å². The molecule has 1 N–H and O–H groups in total. The zero-order valence-corrected chi connectivity index (χ0v) is 15.4. The number of benzene rings is 1. The summed E-state index contributed by atoms with van der Waals surface area (Å²) >= 11 is 1.55. The molecule has 4 nitrogen and oxygen atoms in total. The Hall–Kier alpha value is -2.32. The third kappa shape index (κ3) is 3.85. The summed E-state index contributed by atoms with van der Waals surface area (Å²) in [5.41, 5.74) is 2.76. The third-order valence-electron chi connectivity index (χ3n) is 4.76. The first-order chi connectivity index (χ1) is 12.1. The van der Waals surface area contributed by atoms with E-state index in [1.165, 1.54) is 4.88 Å². The minimum Gasteiger partial charge on any atom is -0.483 e. The van der Waals surface area contributed by atoms with Gasteiger partial charge in [0.1, 0.15) is 16.8 Å². The molecule has 2 aromatic rings. The first-order valence-corrected chi connectivity index (χ1v) is 9.47. The molecule has 0 spiro atoms. The number of carbonyl (C=O) groups excluding carboxylic acids is 1. The summed E-state index contributed by atoms with van der Waals surface area (Å²) < 4.78 is 5.59. The quantitative estimate of drug-likeness (QED) is 0.862. The van der Waals surface area contributed by atoms with Gasteiger partial charge in [0.25, 0.3) is 5.91 Å². The average molecular weight is 354 g/mol. The van der Waals surface area contributed by atoms with Crippen LogP contribution in [0.25, 0.3) is 0 Å². The molecule has 130 valence electrons. The van der Waals surface area contributed by atoms with Gasteiger partial charge in [-0.2, -0.15) is 5.26 Å². The van der Waals surface area contributed by atoms with Crippen molar-refractivity contribution < 1.29 is 9.53 Å². The number of nitrogens with zero attached hydrogens (tertiary/aromatic N) is 1. The standard InChI is InChI=1S/C20H22N2O2S/c1-3-14-8-9-15-16(11-21)20(25-18(15)10-14)22-19(23)12-24-17-7-5-4-6-13(17)2/h4-7,14H,3,8-10,12H2,1-2H3,(H,22,23)/t14-/m0/s1. The number of ether oxygens (including phenoxy) is 1. The van der Waals surface area contributed by atoms with Gasteiger partial charge in [-0.3, -0.25) is 4.79 Å². The second kappa shape index (κ2) is 7.71. The molecule has 0 aliphatic heterocycles. The van der Waals surface area contributed by atoms with E-state index in [1.54, 1.807) is 11.3 Å². The third-order valence-corrected chi connectivity index (χ3v) is 5.93. The number of carbonyl (C=O) groups is 1. The molecule has 0 fully saturated rings. The summed E-state index contributed by atoms with van der Waals surface area (Å²) in [4.78, 5) is 13.5. The highest BCUT2D eigenvalue weighted by molar-refractivity contribution is 7.16. The highest BCUT2D eigenvalue weighted by Gasteiger charge is 2.25. The SMILES string of the molecule is CC[C@H]1CCc2c(sc(NC(=O)COc3ccccc3C)c2C#N)C1. The number of rotatable bonds is 5. The molecule has 0 bridgehead atoms. The van der Waals surface area contributed by atoms with Crippen molar-refractivity contribution in [1.82, 2.24) is 0 Å². The summed E-state index contributed by atoms with van der Waals surface area (Å²) in [5, 5.41) is 13.1. The topological polar surface area (TPSA) is 62.1 Å². The van der Waals surface area contributed by atoms with Crippen molar-refractivity contribution in [2.75, 3.05) is 11.9 Å². The molecule has 0 radical (unpaired) electrons. The number of amides is 1. The van der Waals surface area contributed by atoms with Crippen LogP contribution in [-0.4, -0.2) is 12.5 Å². The van der Waals surface area contributed by atoms with Crippen molar-refractivity contribution in [2.45, 2.75) is 39.5 Å². The number of thiophene rings is 1. The van der Waals surface area contributed by atoms with Crippen LogP contribution >= 0.6 is 11.3 Å². The van der Waals surface area contributed by atoms with E-state index in [2.05, 4.69) is 18.3 Å². The van der Waals surface area contributed by atoms with Gasteiger partial charge in [-0.15, -0.1) is 11.3 Å². The second-order valence-corrected chi connectivity index (χ2v) is 7.54. The van der Waals surface area contributed by atoms with Crippen LogP contribution in [0.5, 0.6) is 5.75 Å². The Morgan fingerprint density at radius 3 is 2.96 bits per heavy atom. The van der Waals surface area contributed by atoms with Crippen LogP contribution in [0.1, 0.15) is 41.3 Å². The van der Waals surface area contributed by atoms with Crippen LogP contribution in [0, 0.1) is 24.2 Å². The van der Waals surface area contributed by atoms with E-state index in [9.17, 15) is 10.1 Å². The molecule has 5 heteroatoms. The Balaban J connectivity index is 1.68. The van der Waals surface area contributed by atoms with Gasteiger partial charge in [0.05, 0.1) is 5.56 Å². The minimum atomic E-state index is -0.231. The Labute approximate surface area is 152 Å². The first-order valence-electron chi connectivity index (χ1n) is 8.65. The largest absolute Gasteiger partial charge is 0.483 e. The molecule has 1 atom stereocenters. The number of aryl methyl sites for hydroxylation is 1. The van der Waals surface area contributed by atoms with Crippen LogP contribution in [0.2, 0.25) is 0 Å². The van der Waals surface area contributed by atoms with E-state index >= 15 is 0 Å². The molecule has 1 aliphatic carbocycles. The lowest BCUT2D eigenvalue weighted by Gasteiger charge is -2.20. The normalized spacial score (nSPS) is 16.0. The minimum absolute atomic E-state index is 0.0596. The molecule has 1 aliphatic rings. The first kappa shape index (κ1) is 17.5. The van der Waals surface area contributed by atoms with Crippen LogP contribution in [0.3, 0.4) is 0 Å². The van der Waals surface area contributed by atoms with Crippen LogP contribution in [0.4, 0.5) is 5.00 Å². The average Bonchev–Trinajstić information content (AvgIpc) is 2.96. The summed E-state index contributed by atoms with van der Waals surface area (Å²) in [5.74, 6) is 1.16. The fourth-order valence-corrected chi connectivity index (χ4v) is 4.56. The Morgan fingerprint density at radius 2 is 2.24 bits per heavy atom. The van der Waals surface area contributed by atoms with Gasteiger partial charge in [-0.05, 0) is 49.3 Å². The fraction of sp³-hybridized carbons (Fsp3) is 0.400. The summed E-state index contributed by atoms with van der Waals surface area (Å²) in [6.07, 6.45) is 4.23. The Bertz CT molecular complexity index is 820. The van der Waals surface area contributed by atoms with E-state index in [4.69, 9.17) is 4.74 Å². The maximum atomic E-state index is 12.3. The maximum Gasteiger partial charge on any atom is 0.262 e. The van der Waals surface area contributed by atoms with Crippen molar-refractivity contribution in [1.29, 1.82) is 5.26 Å². The number of nitriles is 1. The van der Waals surface area contributed by atoms with Crippen molar-refractivity contribution in [2.24, 2.45) is 5.92 Å². The van der Waals surface area contributed by atoms with E-state index in [1.807, 2.05) is 31.2 Å². The van der Waals surface area contributed by atoms with Gasteiger partial charge >= 0.3 is 0 Å². The highest BCUT2D eigenvalue weighted by atomic mass is 32.1. The summed E-state index contributed by atoms with van der Waals surface area (Å²) in [6.45, 7) is 4.09. The fourth-order valence-electron chi connectivity index (χ4n) is 3.23. The molecule has 0 unspecified atom stereocenters. The lowest BCUT2D eigenvalue weighted by molar-refractivity contribution is -0.118. The van der Waals surface area contributed by atoms with Crippen molar-refractivity contribution in [3.8, 4) is 11.8 Å². The number of hydrogen-bond acceptors (Lipinski definition) is 4. The van der Waals surface area contributed by atoms with Crippen LogP contribution in [-0.2, 0) is 17.6 Å². The van der Waals surface area contributed by atoms with Crippen LogP contribution < -0.4 is 10.1 Å². The smallest absolute Gasteiger partial charge is 0.262 e. The number of hydrogen-bond donors (Lipinski definition) is 1. The van der Waals surface area contributed by atoms with E-state index in [0.29, 0.717) is 22.2 Å². The van der Waals surface area contributed by atoms with Crippen molar-refractivity contribution in [3.63, 3.8) is 0 Å². The van der Waals surface area contributed by atoms with Gasteiger partial charge in [-0.1, -0.05) is 31.5 Å². The zero-order valence-electron chi connectivity index (χ0n) is 14.6. The molecule has 0 saturated carbocycles. The van der Waals surface area contributed by atoms with Gasteiger partial charge in [0, 0.05) is 4.88 Å². The molecular formula is C20H22N2O2S. The van der Waals surface area contributed by atoms with E-state index in [0.717, 1.165) is 36.8 Å². The molecule has 1 heterocycles. The predicted molar refractivity (Wildman–Crippen MR) is 100 cm³/mol. The van der Waals surface area contributed by atoms with Crippen molar-refractivity contribution >= 4 is 22.2 Å².